The quantitative estimate of drug-likeness (QED) is 0.840. The lowest BCUT2D eigenvalue weighted by atomic mass is 10.2. The minimum Gasteiger partial charge on any atom is -0.465 e. The van der Waals surface area contributed by atoms with Gasteiger partial charge in [0, 0.05) is 10.2 Å². The number of halogens is 1. The molecule has 0 unspecified atom stereocenters. The lowest BCUT2D eigenvalue weighted by Crippen LogP contribution is -2.13. The second-order valence-electron chi connectivity index (χ2n) is 4.13. The van der Waals surface area contributed by atoms with Crippen LogP contribution in [0, 0.1) is 0 Å². The van der Waals surface area contributed by atoms with Crippen LogP contribution in [0.1, 0.15) is 10.4 Å². The Morgan fingerprint density at radius 3 is 2.14 bits per heavy atom. The van der Waals surface area contributed by atoms with Gasteiger partial charge in [0.1, 0.15) is 0 Å². The fourth-order valence-electron chi connectivity index (χ4n) is 1.62. The predicted octanol–water partition coefficient (Wildman–Crippen LogP) is 3.04. The molecular weight excluding hydrogens is 358 g/mol. The van der Waals surface area contributed by atoms with E-state index in [0.717, 1.165) is 4.47 Å². The summed E-state index contributed by atoms with van der Waals surface area (Å²) >= 11 is 3.25. The fraction of sp³-hybridized carbons (Fsp3) is 0.0714. The van der Waals surface area contributed by atoms with Crippen molar-refractivity contribution >= 4 is 37.6 Å². The summed E-state index contributed by atoms with van der Waals surface area (Å²) in [7, 11) is -2.37. The Morgan fingerprint density at radius 2 is 1.62 bits per heavy atom. The lowest BCUT2D eigenvalue weighted by Gasteiger charge is -2.08. The molecule has 0 bridgehead atoms. The normalized spacial score (nSPS) is 11.0. The van der Waals surface area contributed by atoms with E-state index in [9.17, 15) is 13.2 Å². The van der Waals surface area contributed by atoms with Gasteiger partial charge in [0.25, 0.3) is 10.0 Å². The summed E-state index contributed by atoms with van der Waals surface area (Å²) in [6.45, 7) is 0. The smallest absolute Gasteiger partial charge is 0.337 e. The van der Waals surface area contributed by atoms with Crippen molar-refractivity contribution in [2.45, 2.75) is 4.90 Å². The number of esters is 1. The summed E-state index contributed by atoms with van der Waals surface area (Å²) in [5.41, 5.74) is 0.717. The highest BCUT2D eigenvalue weighted by Crippen LogP contribution is 2.19. The first kappa shape index (κ1) is 15.5. The van der Waals surface area contributed by atoms with Gasteiger partial charge in [-0.2, -0.15) is 0 Å². The summed E-state index contributed by atoms with van der Waals surface area (Å²) in [5, 5.41) is 0. The zero-order chi connectivity index (χ0) is 15.5. The van der Waals surface area contributed by atoms with Crippen LogP contribution in [0.3, 0.4) is 0 Å². The van der Waals surface area contributed by atoms with Crippen molar-refractivity contribution in [3.63, 3.8) is 0 Å². The molecule has 0 aliphatic rings. The third kappa shape index (κ3) is 3.83. The molecule has 1 N–H and O–H groups in total. The van der Waals surface area contributed by atoms with Gasteiger partial charge < -0.3 is 4.74 Å². The Kier molecular flexibility index (Phi) is 4.64. The lowest BCUT2D eigenvalue weighted by molar-refractivity contribution is 0.0601. The van der Waals surface area contributed by atoms with Gasteiger partial charge in [0.15, 0.2) is 0 Å². The number of rotatable bonds is 4. The van der Waals surface area contributed by atoms with Gasteiger partial charge in [-0.3, -0.25) is 4.72 Å². The predicted molar refractivity (Wildman–Crippen MR) is 82.7 cm³/mol. The third-order valence-corrected chi connectivity index (χ3v) is 4.61. The Morgan fingerprint density at radius 1 is 1.05 bits per heavy atom. The fourth-order valence-corrected chi connectivity index (χ4v) is 2.94. The van der Waals surface area contributed by atoms with Crippen molar-refractivity contribution in [1.29, 1.82) is 0 Å². The van der Waals surface area contributed by atoms with E-state index >= 15 is 0 Å². The molecule has 0 saturated carbocycles. The molecule has 0 aliphatic heterocycles. The first-order valence-electron chi connectivity index (χ1n) is 5.89. The van der Waals surface area contributed by atoms with Crippen LogP contribution in [0.2, 0.25) is 0 Å². The molecular formula is C14H12BrNO4S. The topological polar surface area (TPSA) is 72.5 Å². The van der Waals surface area contributed by atoms with Crippen molar-refractivity contribution in [2.75, 3.05) is 11.8 Å². The van der Waals surface area contributed by atoms with E-state index in [1.54, 1.807) is 12.1 Å². The first-order valence-corrected chi connectivity index (χ1v) is 8.17. The summed E-state index contributed by atoms with van der Waals surface area (Å²) < 4.78 is 32.2. The van der Waals surface area contributed by atoms with Crippen LogP contribution in [-0.2, 0) is 14.8 Å². The van der Waals surface area contributed by atoms with E-state index in [4.69, 9.17) is 0 Å². The van der Waals surface area contributed by atoms with E-state index in [-0.39, 0.29) is 4.90 Å². The number of hydrogen-bond acceptors (Lipinski definition) is 4. The average molecular weight is 370 g/mol. The van der Waals surface area contributed by atoms with Gasteiger partial charge in [0.05, 0.1) is 17.6 Å². The zero-order valence-corrected chi connectivity index (χ0v) is 13.4. The van der Waals surface area contributed by atoms with Crippen LogP contribution in [0.25, 0.3) is 0 Å². The Labute approximate surface area is 131 Å². The molecule has 0 aromatic heterocycles. The number of anilines is 1. The monoisotopic (exact) mass is 369 g/mol. The van der Waals surface area contributed by atoms with E-state index in [1.807, 2.05) is 0 Å². The molecule has 0 spiro atoms. The summed E-state index contributed by atoms with van der Waals surface area (Å²) in [6, 6.07) is 12.3. The maximum absolute atomic E-state index is 12.2. The first-order chi connectivity index (χ1) is 9.92. The van der Waals surface area contributed by atoms with Crippen LogP contribution in [-0.4, -0.2) is 21.5 Å². The van der Waals surface area contributed by atoms with Crippen molar-refractivity contribution in [3.05, 3.63) is 58.6 Å². The van der Waals surface area contributed by atoms with Gasteiger partial charge in [-0.1, -0.05) is 15.9 Å². The van der Waals surface area contributed by atoms with E-state index < -0.39 is 16.0 Å². The van der Waals surface area contributed by atoms with E-state index in [0.29, 0.717) is 11.3 Å². The van der Waals surface area contributed by atoms with Crippen molar-refractivity contribution in [3.8, 4) is 0 Å². The van der Waals surface area contributed by atoms with E-state index in [1.165, 1.54) is 43.5 Å². The maximum Gasteiger partial charge on any atom is 0.337 e. The number of benzene rings is 2. The molecule has 0 atom stereocenters. The summed E-state index contributed by atoms with van der Waals surface area (Å²) in [4.78, 5) is 11.5. The Hall–Kier alpha value is -1.86. The highest BCUT2D eigenvalue weighted by Gasteiger charge is 2.14. The largest absolute Gasteiger partial charge is 0.465 e. The molecule has 5 nitrogen and oxygen atoms in total. The zero-order valence-electron chi connectivity index (χ0n) is 11.0. The standard InChI is InChI=1S/C14H12BrNO4S/c1-20-14(17)10-2-6-12(7-3-10)16-21(18,19)13-8-4-11(15)5-9-13/h2-9,16H,1H3. The molecule has 2 aromatic carbocycles. The Bertz CT molecular complexity index is 740. The van der Waals surface area contributed by atoms with Gasteiger partial charge >= 0.3 is 5.97 Å². The van der Waals surface area contributed by atoms with E-state index in [2.05, 4.69) is 25.4 Å². The number of hydrogen-bond donors (Lipinski definition) is 1. The number of ether oxygens (including phenoxy) is 1. The van der Waals surface area contributed by atoms with Crippen molar-refractivity contribution < 1.29 is 17.9 Å². The highest BCUT2D eigenvalue weighted by atomic mass is 79.9. The molecule has 2 aromatic rings. The van der Waals surface area contributed by atoms with Crippen LogP contribution >= 0.6 is 15.9 Å². The summed E-state index contributed by atoms with van der Waals surface area (Å²) in [5.74, 6) is -0.475. The number of nitrogens with one attached hydrogen (secondary N) is 1. The van der Waals surface area contributed by atoms with Gasteiger partial charge in [-0.25, -0.2) is 13.2 Å². The second-order valence-corrected chi connectivity index (χ2v) is 6.73. The Balaban J connectivity index is 2.20. The van der Waals surface area contributed by atoms with Gasteiger partial charge in [-0.15, -0.1) is 0 Å². The van der Waals surface area contributed by atoms with Crippen molar-refractivity contribution in [2.24, 2.45) is 0 Å². The molecule has 0 fully saturated rings. The minimum atomic E-state index is -3.66. The maximum atomic E-state index is 12.2. The van der Waals surface area contributed by atoms with Crippen LogP contribution < -0.4 is 4.72 Å². The molecule has 110 valence electrons. The number of methoxy groups -OCH3 is 1. The molecule has 0 radical (unpaired) electrons. The summed E-state index contributed by atoms with van der Waals surface area (Å²) in [6.07, 6.45) is 0. The second kappa shape index (κ2) is 6.28. The molecule has 2 rings (SSSR count). The van der Waals surface area contributed by atoms with Crippen LogP contribution in [0.5, 0.6) is 0 Å². The number of carbonyl (C=O) groups excluding carboxylic acids is 1. The van der Waals surface area contributed by atoms with Gasteiger partial charge in [0.2, 0.25) is 0 Å². The SMILES string of the molecule is COC(=O)c1ccc(NS(=O)(=O)c2ccc(Br)cc2)cc1. The third-order valence-electron chi connectivity index (χ3n) is 2.68. The molecule has 0 saturated heterocycles. The van der Waals surface area contributed by atoms with Crippen LogP contribution in [0.15, 0.2) is 57.9 Å². The van der Waals surface area contributed by atoms with Crippen molar-refractivity contribution in [1.82, 2.24) is 0 Å². The average Bonchev–Trinajstić information content (AvgIpc) is 2.47. The molecule has 21 heavy (non-hydrogen) atoms. The highest BCUT2D eigenvalue weighted by molar-refractivity contribution is 9.10. The van der Waals surface area contributed by atoms with Gasteiger partial charge in [-0.05, 0) is 48.5 Å². The minimum absolute atomic E-state index is 0.155. The number of carbonyl (C=O) groups is 1. The van der Waals surface area contributed by atoms with Crippen LogP contribution in [0.4, 0.5) is 5.69 Å². The number of sulfonamides is 1. The molecule has 0 heterocycles. The molecule has 0 aliphatic carbocycles. The molecule has 7 heteroatoms. The molecule has 0 amide bonds.